The highest BCUT2D eigenvalue weighted by Gasteiger charge is 2.26. The molecule has 7 nitrogen and oxygen atoms in total. The standard InChI is InChI=1S/C26H28N4O3/c1-32-25(19-7-3-2-4-8-19)26(31)28-24-11-14-27-30(24)21-12-15-29(16-13-21)18-22-17-20-9-5-6-10-23(20)33-22/h2-11,14,17,21,25H,12-13,15-16,18H2,1H3,(H,28,31)/t25-/m0/s1. The average molecular weight is 445 g/mol. The number of aromatic nitrogens is 2. The van der Waals surface area contributed by atoms with Gasteiger partial charge in [-0.1, -0.05) is 48.5 Å². The summed E-state index contributed by atoms with van der Waals surface area (Å²) >= 11 is 0. The van der Waals surface area contributed by atoms with Gasteiger partial charge in [0.15, 0.2) is 6.10 Å². The maximum absolute atomic E-state index is 12.9. The molecule has 0 unspecified atom stereocenters. The molecule has 7 heteroatoms. The van der Waals surface area contributed by atoms with Gasteiger partial charge in [0.1, 0.15) is 17.2 Å². The molecule has 1 amide bonds. The van der Waals surface area contributed by atoms with E-state index in [1.807, 2.05) is 59.3 Å². The van der Waals surface area contributed by atoms with Gasteiger partial charge in [-0.25, -0.2) is 4.68 Å². The quantitative estimate of drug-likeness (QED) is 0.444. The van der Waals surface area contributed by atoms with Gasteiger partial charge in [-0.2, -0.15) is 5.10 Å². The normalized spacial score (nSPS) is 16.2. The molecular formula is C26H28N4O3. The lowest BCUT2D eigenvalue weighted by molar-refractivity contribution is -0.126. The average Bonchev–Trinajstić information content (AvgIpc) is 3.47. The Morgan fingerprint density at radius 2 is 1.88 bits per heavy atom. The van der Waals surface area contributed by atoms with Crippen LogP contribution >= 0.6 is 0 Å². The number of nitrogens with one attached hydrogen (secondary N) is 1. The van der Waals surface area contributed by atoms with Crippen LogP contribution < -0.4 is 5.32 Å². The summed E-state index contributed by atoms with van der Waals surface area (Å²) in [4.78, 5) is 15.3. The van der Waals surface area contributed by atoms with Crippen molar-refractivity contribution in [2.24, 2.45) is 0 Å². The number of piperidine rings is 1. The highest BCUT2D eigenvalue weighted by Crippen LogP contribution is 2.28. The van der Waals surface area contributed by atoms with Crippen molar-refractivity contribution in [1.29, 1.82) is 0 Å². The van der Waals surface area contributed by atoms with E-state index in [4.69, 9.17) is 9.15 Å². The molecular weight excluding hydrogens is 416 g/mol. The van der Waals surface area contributed by atoms with Gasteiger partial charge in [0.2, 0.25) is 0 Å². The van der Waals surface area contributed by atoms with Crippen molar-refractivity contribution >= 4 is 22.7 Å². The van der Waals surface area contributed by atoms with E-state index in [0.29, 0.717) is 5.82 Å². The number of hydrogen-bond acceptors (Lipinski definition) is 5. The summed E-state index contributed by atoms with van der Waals surface area (Å²) in [7, 11) is 1.55. The molecule has 0 radical (unpaired) electrons. The van der Waals surface area contributed by atoms with Crippen LogP contribution in [0.1, 0.15) is 36.3 Å². The predicted octanol–water partition coefficient (Wildman–Crippen LogP) is 4.79. The van der Waals surface area contributed by atoms with Crippen molar-refractivity contribution in [3.63, 3.8) is 0 Å². The number of amides is 1. The van der Waals surface area contributed by atoms with Crippen LogP contribution in [-0.2, 0) is 16.1 Å². The van der Waals surface area contributed by atoms with E-state index in [-0.39, 0.29) is 11.9 Å². The second kappa shape index (κ2) is 9.60. The Bertz CT molecular complexity index is 1180. The highest BCUT2D eigenvalue weighted by atomic mass is 16.5. The second-order valence-electron chi connectivity index (χ2n) is 8.43. The molecule has 3 heterocycles. The number of fused-ring (bicyclic) bond motifs is 1. The molecule has 4 aromatic rings. The molecule has 5 rings (SSSR count). The SMILES string of the molecule is CO[C@H](C(=O)Nc1ccnn1C1CCN(Cc2cc3ccccc3o2)CC1)c1ccccc1. The fourth-order valence-corrected chi connectivity index (χ4v) is 4.58. The van der Waals surface area contributed by atoms with E-state index in [1.54, 1.807) is 13.3 Å². The number of carbonyl (C=O) groups excluding carboxylic acids is 1. The van der Waals surface area contributed by atoms with Gasteiger partial charge in [-0.15, -0.1) is 0 Å². The van der Waals surface area contributed by atoms with Crippen LogP contribution in [0.3, 0.4) is 0 Å². The number of rotatable bonds is 7. The molecule has 1 aliphatic rings. The first-order valence-corrected chi connectivity index (χ1v) is 11.3. The Morgan fingerprint density at radius 3 is 2.64 bits per heavy atom. The van der Waals surface area contributed by atoms with Crippen LogP contribution in [0.15, 0.2) is 77.3 Å². The zero-order valence-corrected chi connectivity index (χ0v) is 18.7. The number of anilines is 1. The number of para-hydroxylation sites is 1. The second-order valence-corrected chi connectivity index (χ2v) is 8.43. The van der Waals surface area contributed by atoms with Gasteiger partial charge in [0, 0.05) is 31.7 Å². The van der Waals surface area contributed by atoms with Gasteiger partial charge >= 0.3 is 0 Å². The number of benzene rings is 2. The van der Waals surface area contributed by atoms with Crippen LogP contribution in [0, 0.1) is 0 Å². The fourth-order valence-electron chi connectivity index (χ4n) is 4.58. The maximum Gasteiger partial charge on any atom is 0.259 e. The van der Waals surface area contributed by atoms with E-state index in [2.05, 4.69) is 27.4 Å². The summed E-state index contributed by atoms with van der Waals surface area (Å²) in [6, 6.07) is 21.8. The van der Waals surface area contributed by atoms with Gasteiger partial charge in [0.05, 0.1) is 18.8 Å². The maximum atomic E-state index is 12.9. The smallest absolute Gasteiger partial charge is 0.259 e. The number of ether oxygens (including phenoxy) is 1. The summed E-state index contributed by atoms with van der Waals surface area (Å²) in [5.41, 5.74) is 1.76. The van der Waals surface area contributed by atoms with Crippen molar-refractivity contribution < 1.29 is 13.9 Å². The number of likely N-dealkylation sites (tertiary alicyclic amines) is 1. The minimum Gasteiger partial charge on any atom is -0.460 e. The number of furan rings is 1. The lowest BCUT2D eigenvalue weighted by atomic mass is 10.0. The Labute approximate surface area is 192 Å². The minimum atomic E-state index is -0.666. The zero-order valence-electron chi connectivity index (χ0n) is 18.7. The van der Waals surface area contributed by atoms with Gasteiger partial charge in [0.25, 0.3) is 5.91 Å². The lowest BCUT2D eigenvalue weighted by Gasteiger charge is -2.32. The third-order valence-corrected chi connectivity index (χ3v) is 6.26. The van der Waals surface area contributed by atoms with Crippen molar-refractivity contribution in [3.05, 3.63) is 84.3 Å². The summed E-state index contributed by atoms with van der Waals surface area (Å²) in [6.45, 7) is 2.69. The van der Waals surface area contributed by atoms with Crippen molar-refractivity contribution in [2.45, 2.75) is 31.5 Å². The molecule has 170 valence electrons. The number of hydrogen-bond donors (Lipinski definition) is 1. The Balaban J connectivity index is 1.20. The summed E-state index contributed by atoms with van der Waals surface area (Å²) in [6.07, 6.45) is 2.98. The Hall–Kier alpha value is -3.42. The molecule has 0 bridgehead atoms. The molecule has 2 aromatic heterocycles. The van der Waals surface area contributed by atoms with Crippen molar-refractivity contribution in [2.75, 3.05) is 25.5 Å². The third kappa shape index (κ3) is 4.69. The molecule has 0 aliphatic carbocycles. The van der Waals surface area contributed by atoms with E-state index < -0.39 is 6.10 Å². The predicted molar refractivity (Wildman–Crippen MR) is 127 cm³/mol. The molecule has 0 saturated carbocycles. The molecule has 1 saturated heterocycles. The third-order valence-electron chi connectivity index (χ3n) is 6.26. The van der Waals surface area contributed by atoms with Gasteiger partial charge in [-0.3, -0.25) is 9.69 Å². The number of nitrogens with zero attached hydrogens (tertiary/aromatic N) is 3. The van der Waals surface area contributed by atoms with E-state index in [0.717, 1.165) is 54.8 Å². The zero-order chi connectivity index (χ0) is 22.6. The Morgan fingerprint density at radius 1 is 1.12 bits per heavy atom. The summed E-state index contributed by atoms with van der Waals surface area (Å²) < 4.78 is 13.4. The largest absolute Gasteiger partial charge is 0.460 e. The van der Waals surface area contributed by atoms with Crippen LogP contribution in [0.4, 0.5) is 5.82 Å². The van der Waals surface area contributed by atoms with Gasteiger partial charge in [-0.05, 0) is 30.5 Å². The summed E-state index contributed by atoms with van der Waals surface area (Å²) in [5.74, 6) is 1.50. The molecule has 1 N–H and O–H groups in total. The van der Waals surface area contributed by atoms with E-state index in [9.17, 15) is 4.79 Å². The van der Waals surface area contributed by atoms with Crippen LogP contribution in [-0.4, -0.2) is 40.8 Å². The van der Waals surface area contributed by atoms with Crippen molar-refractivity contribution in [1.82, 2.24) is 14.7 Å². The minimum absolute atomic E-state index is 0.201. The van der Waals surface area contributed by atoms with Crippen LogP contribution in [0.5, 0.6) is 0 Å². The van der Waals surface area contributed by atoms with Crippen LogP contribution in [0.25, 0.3) is 11.0 Å². The molecule has 1 atom stereocenters. The topological polar surface area (TPSA) is 72.5 Å². The fraction of sp³-hybridized carbons (Fsp3) is 0.308. The van der Waals surface area contributed by atoms with Crippen LogP contribution in [0.2, 0.25) is 0 Å². The first kappa shape index (κ1) is 21.4. The first-order valence-electron chi connectivity index (χ1n) is 11.3. The highest BCUT2D eigenvalue weighted by molar-refractivity contribution is 5.94. The monoisotopic (exact) mass is 444 g/mol. The van der Waals surface area contributed by atoms with Crippen molar-refractivity contribution in [3.8, 4) is 0 Å². The van der Waals surface area contributed by atoms with E-state index in [1.165, 1.54) is 0 Å². The molecule has 0 spiro atoms. The lowest BCUT2D eigenvalue weighted by Crippen LogP contribution is -2.35. The molecule has 1 aliphatic heterocycles. The summed E-state index contributed by atoms with van der Waals surface area (Å²) in [5, 5.41) is 8.67. The first-order chi connectivity index (χ1) is 16.2. The Kier molecular flexibility index (Phi) is 6.24. The van der Waals surface area contributed by atoms with E-state index >= 15 is 0 Å². The molecule has 1 fully saturated rings. The molecule has 33 heavy (non-hydrogen) atoms. The number of carbonyl (C=O) groups is 1. The molecule has 2 aromatic carbocycles. The number of methoxy groups -OCH3 is 1. The van der Waals surface area contributed by atoms with Gasteiger partial charge < -0.3 is 14.5 Å².